The van der Waals surface area contributed by atoms with Crippen molar-refractivity contribution in [3.05, 3.63) is 35.6 Å². The first-order chi connectivity index (χ1) is 9.63. The van der Waals surface area contributed by atoms with Crippen molar-refractivity contribution in [2.24, 2.45) is 0 Å². The molecule has 110 valence electrons. The monoisotopic (exact) mass is 282 g/mol. The third-order valence-electron chi connectivity index (χ3n) is 2.69. The maximum absolute atomic E-state index is 12.7. The predicted molar refractivity (Wildman–Crippen MR) is 72.2 cm³/mol. The van der Waals surface area contributed by atoms with E-state index < -0.39 is 11.8 Å². The molecule has 0 saturated carbocycles. The lowest BCUT2D eigenvalue weighted by atomic mass is 10.2. The van der Waals surface area contributed by atoms with Gasteiger partial charge in [-0.2, -0.15) is 0 Å². The van der Waals surface area contributed by atoms with Crippen molar-refractivity contribution >= 4 is 11.8 Å². The van der Waals surface area contributed by atoms with E-state index in [4.69, 9.17) is 5.11 Å². The molecule has 0 unspecified atom stereocenters. The van der Waals surface area contributed by atoms with Crippen LogP contribution in [-0.2, 0) is 16.1 Å². The van der Waals surface area contributed by atoms with Gasteiger partial charge in [-0.05, 0) is 37.0 Å². The van der Waals surface area contributed by atoms with E-state index in [1.807, 2.05) is 0 Å². The topological polar surface area (TPSA) is 78.4 Å². The number of halogens is 1. The minimum atomic E-state index is -0.712. The normalized spacial score (nSPS) is 10.1. The molecule has 20 heavy (non-hydrogen) atoms. The Kier molecular flexibility index (Phi) is 7.27. The van der Waals surface area contributed by atoms with Crippen molar-refractivity contribution in [2.45, 2.75) is 25.8 Å². The quantitative estimate of drug-likeness (QED) is 0.509. The van der Waals surface area contributed by atoms with Gasteiger partial charge in [0.1, 0.15) is 5.82 Å². The summed E-state index contributed by atoms with van der Waals surface area (Å²) in [7, 11) is 0. The summed E-state index contributed by atoms with van der Waals surface area (Å²) in [5.41, 5.74) is 0.718. The lowest BCUT2D eigenvalue weighted by Crippen LogP contribution is -2.39. The van der Waals surface area contributed by atoms with Crippen molar-refractivity contribution in [1.82, 2.24) is 10.6 Å². The molecule has 0 bridgehead atoms. The molecule has 0 radical (unpaired) electrons. The van der Waals surface area contributed by atoms with Gasteiger partial charge in [0.05, 0.1) is 0 Å². The number of carbonyl (C=O) groups is 2. The molecule has 0 spiro atoms. The van der Waals surface area contributed by atoms with Crippen molar-refractivity contribution in [1.29, 1.82) is 0 Å². The molecule has 5 nitrogen and oxygen atoms in total. The fourth-order valence-corrected chi connectivity index (χ4v) is 1.56. The van der Waals surface area contributed by atoms with Crippen molar-refractivity contribution in [3.8, 4) is 0 Å². The van der Waals surface area contributed by atoms with Gasteiger partial charge in [0, 0.05) is 19.7 Å². The first-order valence-electron chi connectivity index (χ1n) is 6.55. The zero-order chi connectivity index (χ0) is 14.8. The van der Waals surface area contributed by atoms with Crippen molar-refractivity contribution in [2.75, 3.05) is 13.2 Å². The zero-order valence-corrected chi connectivity index (χ0v) is 11.2. The minimum absolute atomic E-state index is 0.131. The molecule has 2 amide bonds. The maximum atomic E-state index is 12.7. The summed E-state index contributed by atoms with van der Waals surface area (Å²) in [6.07, 6.45) is 2.21. The Balaban J connectivity index is 2.21. The molecule has 0 saturated heterocycles. The summed E-state index contributed by atoms with van der Waals surface area (Å²) in [6, 6.07) is 5.68. The molecule has 6 heteroatoms. The van der Waals surface area contributed by atoms with E-state index in [1.165, 1.54) is 12.1 Å². The number of nitrogens with one attached hydrogen (secondary N) is 2. The highest BCUT2D eigenvalue weighted by molar-refractivity contribution is 6.35. The maximum Gasteiger partial charge on any atom is 0.309 e. The number of aliphatic hydroxyl groups excluding tert-OH is 1. The van der Waals surface area contributed by atoms with Crippen LogP contribution in [0.4, 0.5) is 4.39 Å². The summed E-state index contributed by atoms with van der Waals surface area (Å²) in [5, 5.41) is 13.5. The van der Waals surface area contributed by atoms with Crippen LogP contribution in [0.5, 0.6) is 0 Å². The summed E-state index contributed by atoms with van der Waals surface area (Å²) in [4.78, 5) is 22.9. The van der Waals surface area contributed by atoms with Gasteiger partial charge in [-0.25, -0.2) is 4.39 Å². The Morgan fingerprint density at radius 2 is 1.65 bits per heavy atom. The highest BCUT2D eigenvalue weighted by Crippen LogP contribution is 2.01. The standard InChI is InChI=1S/C14H19FN2O3/c15-12-6-4-11(5-7-12)10-17-14(20)13(19)16-8-2-1-3-9-18/h4-7,18H,1-3,8-10H2,(H,16,19)(H,17,20). The largest absolute Gasteiger partial charge is 0.396 e. The Hall–Kier alpha value is -1.95. The number of carbonyl (C=O) groups excluding carboxylic acids is 2. The van der Waals surface area contributed by atoms with Crippen LogP contribution in [-0.4, -0.2) is 30.1 Å². The fourth-order valence-electron chi connectivity index (χ4n) is 1.56. The van der Waals surface area contributed by atoms with Crippen LogP contribution in [0.1, 0.15) is 24.8 Å². The molecule has 0 aliphatic rings. The first-order valence-corrected chi connectivity index (χ1v) is 6.55. The van der Waals surface area contributed by atoms with Crippen LogP contribution in [0.15, 0.2) is 24.3 Å². The molecule has 0 aliphatic heterocycles. The van der Waals surface area contributed by atoms with E-state index in [9.17, 15) is 14.0 Å². The molecule has 0 heterocycles. The molecule has 1 rings (SSSR count). The number of aliphatic hydroxyl groups is 1. The smallest absolute Gasteiger partial charge is 0.309 e. The van der Waals surface area contributed by atoms with Gasteiger partial charge in [-0.1, -0.05) is 12.1 Å². The molecular weight excluding hydrogens is 263 g/mol. The molecule has 1 aromatic rings. The van der Waals surface area contributed by atoms with Gasteiger partial charge >= 0.3 is 11.8 Å². The van der Waals surface area contributed by atoms with Crippen LogP contribution in [0, 0.1) is 5.82 Å². The lowest BCUT2D eigenvalue weighted by Gasteiger charge is -2.06. The van der Waals surface area contributed by atoms with E-state index in [-0.39, 0.29) is 19.0 Å². The summed E-state index contributed by atoms with van der Waals surface area (Å²) < 4.78 is 12.7. The molecule has 3 N–H and O–H groups in total. The molecule has 0 aromatic heterocycles. The highest BCUT2D eigenvalue weighted by atomic mass is 19.1. The second-order valence-electron chi connectivity index (χ2n) is 4.35. The second-order valence-corrected chi connectivity index (χ2v) is 4.35. The molecule has 1 aromatic carbocycles. The van der Waals surface area contributed by atoms with Gasteiger partial charge < -0.3 is 15.7 Å². The van der Waals surface area contributed by atoms with Crippen molar-refractivity contribution in [3.63, 3.8) is 0 Å². The highest BCUT2D eigenvalue weighted by Gasteiger charge is 2.11. The third-order valence-corrected chi connectivity index (χ3v) is 2.69. The van der Waals surface area contributed by atoms with Gasteiger partial charge in [-0.3, -0.25) is 9.59 Å². The van der Waals surface area contributed by atoms with Gasteiger partial charge in [-0.15, -0.1) is 0 Å². The van der Waals surface area contributed by atoms with Gasteiger partial charge in [0.2, 0.25) is 0 Å². The minimum Gasteiger partial charge on any atom is -0.396 e. The Labute approximate surface area is 117 Å². The Morgan fingerprint density at radius 1 is 1.00 bits per heavy atom. The van der Waals surface area contributed by atoms with E-state index in [0.29, 0.717) is 13.0 Å². The van der Waals surface area contributed by atoms with Crippen LogP contribution in [0.2, 0.25) is 0 Å². The number of hydrogen-bond acceptors (Lipinski definition) is 3. The second kappa shape index (κ2) is 9.03. The van der Waals surface area contributed by atoms with E-state index in [1.54, 1.807) is 12.1 Å². The molecular formula is C14H19FN2O3. The average Bonchev–Trinajstić information content (AvgIpc) is 2.46. The van der Waals surface area contributed by atoms with E-state index in [0.717, 1.165) is 18.4 Å². The van der Waals surface area contributed by atoms with Crippen LogP contribution >= 0.6 is 0 Å². The number of rotatable bonds is 7. The van der Waals surface area contributed by atoms with Gasteiger partial charge in [0.25, 0.3) is 0 Å². The van der Waals surface area contributed by atoms with Gasteiger partial charge in [0.15, 0.2) is 0 Å². The number of benzene rings is 1. The fraction of sp³-hybridized carbons (Fsp3) is 0.429. The average molecular weight is 282 g/mol. The number of amides is 2. The van der Waals surface area contributed by atoms with E-state index >= 15 is 0 Å². The lowest BCUT2D eigenvalue weighted by molar-refractivity contribution is -0.139. The van der Waals surface area contributed by atoms with Crippen LogP contribution < -0.4 is 10.6 Å². The number of unbranched alkanes of at least 4 members (excludes halogenated alkanes) is 2. The first kappa shape index (κ1) is 16.1. The van der Waals surface area contributed by atoms with Crippen LogP contribution in [0.25, 0.3) is 0 Å². The summed E-state index contributed by atoms with van der Waals surface area (Å²) in [5.74, 6) is -1.74. The SMILES string of the molecule is O=C(NCCCCCO)C(=O)NCc1ccc(F)cc1. The van der Waals surface area contributed by atoms with Crippen LogP contribution in [0.3, 0.4) is 0 Å². The summed E-state index contributed by atoms with van der Waals surface area (Å²) in [6.45, 7) is 0.714. The molecule has 0 fully saturated rings. The van der Waals surface area contributed by atoms with Crippen molar-refractivity contribution < 1.29 is 19.1 Å². The summed E-state index contributed by atoms with van der Waals surface area (Å²) >= 11 is 0. The Bertz CT molecular complexity index is 435. The zero-order valence-electron chi connectivity index (χ0n) is 11.2. The number of hydrogen-bond donors (Lipinski definition) is 3. The third kappa shape index (κ3) is 6.29. The molecule has 0 atom stereocenters. The van der Waals surface area contributed by atoms with E-state index in [2.05, 4.69) is 10.6 Å². The predicted octanol–water partition coefficient (Wildman–Crippen LogP) is 0.721. The molecule has 0 aliphatic carbocycles. The Morgan fingerprint density at radius 3 is 2.30 bits per heavy atom.